The number of piperidine rings is 1. The predicted molar refractivity (Wildman–Crippen MR) is 113 cm³/mol. The Balaban J connectivity index is 1.67. The molecule has 1 aromatic carbocycles. The number of amides is 2. The molecule has 6 nitrogen and oxygen atoms in total. The van der Waals surface area contributed by atoms with E-state index < -0.39 is 11.9 Å². The maximum absolute atomic E-state index is 13.7. The number of carbonyl (C=O) groups excluding carboxylic acids is 2. The van der Waals surface area contributed by atoms with E-state index in [2.05, 4.69) is 18.8 Å². The van der Waals surface area contributed by atoms with Crippen molar-refractivity contribution in [3.05, 3.63) is 54.4 Å². The van der Waals surface area contributed by atoms with Gasteiger partial charge in [-0.05, 0) is 55.4 Å². The standard InChI is InChI=1S/C23H27F2N3O3/c1-16(2)13-21(28(15-29)19-5-3-18(24)4-6-19)17-8-11-27(12-9-17)23(30)31-22-7-10-26-14-20(22)25/h3-7,10,14-17,21H,8-9,11-13H2,1-2H3. The van der Waals surface area contributed by atoms with E-state index in [0.29, 0.717) is 37.5 Å². The summed E-state index contributed by atoms with van der Waals surface area (Å²) in [6.07, 6.45) is 4.69. The predicted octanol–water partition coefficient (Wildman–Crippen LogP) is 4.65. The fourth-order valence-corrected chi connectivity index (χ4v) is 4.03. The molecule has 1 atom stereocenters. The van der Waals surface area contributed by atoms with Crippen molar-refractivity contribution < 1.29 is 23.1 Å². The summed E-state index contributed by atoms with van der Waals surface area (Å²) in [7, 11) is 0. The summed E-state index contributed by atoms with van der Waals surface area (Å²) in [6, 6.07) is 7.13. The lowest BCUT2D eigenvalue weighted by Crippen LogP contribution is -2.47. The van der Waals surface area contributed by atoms with Crippen LogP contribution in [0.2, 0.25) is 0 Å². The number of hydrogen-bond acceptors (Lipinski definition) is 4. The third-order valence-electron chi connectivity index (χ3n) is 5.58. The lowest BCUT2D eigenvalue weighted by molar-refractivity contribution is -0.108. The van der Waals surface area contributed by atoms with Crippen LogP contribution in [0.15, 0.2) is 42.7 Å². The molecule has 1 unspecified atom stereocenters. The van der Waals surface area contributed by atoms with E-state index in [1.807, 2.05) is 0 Å². The third-order valence-corrected chi connectivity index (χ3v) is 5.58. The molecule has 0 saturated carbocycles. The molecule has 0 spiro atoms. The molecule has 2 amide bonds. The minimum atomic E-state index is -0.691. The van der Waals surface area contributed by atoms with Gasteiger partial charge in [0.05, 0.1) is 6.20 Å². The topological polar surface area (TPSA) is 62.7 Å². The Morgan fingerprint density at radius 1 is 1.23 bits per heavy atom. The van der Waals surface area contributed by atoms with Gasteiger partial charge in [0.15, 0.2) is 11.6 Å². The average Bonchev–Trinajstić information content (AvgIpc) is 2.76. The van der Waals surface area contributed by atoms with Crippen LogP contribution in [0.4, 0.5) is 19.3 Å². The van der Waals surface area contributed by atoms with Gasteiger partial charge in [-0.15, -0.1) is 0 Å². The number of hydrogen-bond donors (Lipinski definition) is 0. The van der Waals surface area contributed by atoms with Gasteiger partial charge in [0.25, 0.3) is 0 Å². The first-order valence-corrected chi connectivity index (χ1v) is 10.4. The van der Waals surface area contributed by atoms with Gasteiger partial charge in [0.1, 0.15) is 5.82 Å². The Kier molecular flexibility index (Phi) is 7.55. The first-order valence-electron chi connectivity index (χ1n) is 10.4. The first kappa shape index (κ1) is 22.7. The molecule has 1 aromatic heterocycles. The molecule has 1 aliphatic rings. The second-order valence-electron chi connectivity index (χ2n) is 8.18. The molecule has 0 radical (unpaired) electrons. The van der Waals surface area contributed by atoms with E-state index in [-0.39, 0.29) is 23.5 Å². The number of halogens is 2. The SMILES string of the molecule is CC(C)CC(C1CCN(C(=O)Oc2ccncc2F)CC1)N(C=O)c1ccc(F)cc1. The molecule has 0 bridgehead atoms. The van der Waals surface area contributed by atoms with Crippen LogP contribution < -0.4 is 9.64 Å². The van der Waals surface area contributed by atoms with Gasteiger partial charge in [-0.2, -0.15) is 0 Å². The molecule has 1 saturated heterocycles. The van der Waals surface area contributed by atoms with E-state index in [1.165, 1.54) is 24.4 Å². The fourth-order valence-electron chi connectivity index (χ4n) is 4.03. The van der Waals surface area contributed by atoms with E-state index in [4.69, 9.17) is 4.74 Å². The average molecular weight is 431 g/mol. The number of benzene rings is 1. The first-order chi connectivity index (χ1) is 14.9. The minimum absolute atomic E-state index is 0.0706. The second-order valence-corrected chi connectivity index (χ2v) is 8.18. The zero-order chi connectivity index (χ0) is 22.4. The highest BCUT2D eigenvalue weighted by Gasteiger charge is 2.33. The molecule has 2 heterocycles. The van der Waals surface area contributed by atoms with E-state index in [0.717, 1.165) is 19.0 Å². The second kappa shape index (κ2) is 10.3. The number of rotatable bonds is 7. The summed E-state index contributed by atoms with van der Waals surface area (Å²) < 4.78 is 32.2. The van der Waals surface area contributed by atoms with Gasteiger partial charge in [-0.1, -0.05) is 13.8 Å². The maximum atomic E-state index is 13.7. The number of aromatic nitrogens is 1. The minimum Gasteiger partial charge on any atom is -0.407 e. The zero-order valence-corrected chi connectivity index (χ0v) is 17.7. The number of nitrogens with zero attached hydrogens (tertiary/aromatic N) is 3. The molecule has 8 heteroatoms. The Labute approximate surface area is 180 Å². The van der Waals surface area contributed by atoms with Crippen molar-refractivity contribution in [3.8, 4) is 5.75 Å². The van der Waals surface area contributed by atoms with Crippen LogP contribution in [0.1, 0.15) is 33.1 Å². The summed E-state index contributed by atoms with van der Waals surface area (Å²) >= 11 is 0. The number of pyridine rings is 1. The molecular weight excluding hydrogens is 404 g/mol. The number of anilines is 1. The quantitative estimate of drug-likeness (QED) is 0.599. The number of likely N-dealkylation sites (tertiary alicyclic amines) is 1. The van der Waals surface area contributed by atoms with E-state index in [9.17, 15) is 18.4 Å². The van der Waals surface area contributed by atoms with Crippen molar-refractivity contribution in [1.82, 2.24) is 9.88 Å². The molecule has 31 heavy (non-hydrogen) atoms. The Hall–Kier alpha value is -3.03. The van der Waals surface area contributed by atoms with Crippen molar-refractivity contribution >= 4 is 18.2 Å². The summed E-state index contributed by atoms with van der Waals surface area (Å²) in [5.74, 6) is -0.677. The Morgan fingerprint density at radius 2 is 1.90 bits per heavy atom. The Morgan fingerprint density at radius 3 is 2.48 bits per heavy atom. The zero-order valence-electron chi connectivity index (χ0n) is 17.7. The highest BCUT2D eigenvalue weighted by molar-refractivity contribution is 5.76. The van der Waals surface area contributed by atoms with Crippen LogP contribution in [-0.4, -0.2) is 41.5 Å². The number of carbonyl (C=O) groups is 2. The summed E-state index contributed by atoms with van der Waals surface area (Å²) in [5, 5.41) is 0. The van der Waals surface area contributed by atoms with Crippen LogP contribution in [0.5, 0.6) is 5.75 Å². The van der Waals surface area contributed by atoms with Crippen LogP contribution in [0.3, 0.4) is 0 Å². The van der Waals surface area contributed by atoms with Crippen LogP contribution in [-0.2, 0) is 4.79 Å². The lowest BCUT2D eigenvalue weighted by atomic mass is 9.84. The van der Waals surface area contributed by atoms with Gasteiger partial charge in [-0.3, -0.25) is 9.78 Å². The van der Waals surface area contributed by atoms with Gasteiger partial charge in [0.2, 0.25) is 6.41 Å². The smallest absolute Gasteiger partial charge is 0.407 e. The summed E-state index contributed by atoms with van der Waals surface area (Å²) in [4.78, 5) is 31.3. The maximum Gasteiger partial charge on any atom is 0.415 e. The lowest BCUT2D eigenvalue weighted by Gasteiger charge is -2.40. The molecular formula is C23H27F2N3O3. The highest BCUT2D eigenvalue weighted by Crippen LogP contribution is 2.31. The van der Waals surface area contributed by atoms with E-state index in [1.54, 1.807) is 21.9 Å². The van der Waals surface area contributed by atoms with Gasteiger partial charge >= 0.3 is 6.09 Å². The Bertz CT molecular complexity index is 884. The van der Waals surface area contributed by atoms with Gasteiger partial charge in [-0.25, -0.2) is 13.6 Å². The third kappa shape index (κ3) is 5.77. The molecule has 2 aromatic rings. The number of ether oxygens (including phenoxy) is 1. The molecule has 0 aliphatic carbocycles. The van der Waals surface area contributed by atoms with Crippen molar-refractivity contribution in [2.45, 2.75) is 39.2 Å². The van der Waals surface area contributed by atoms with Crippen molar-refractivity contribution in [2.24, 2.45) is 11.8 Å². The van der Waals surface area contributed by atoms with Crippen molar-refractivity contribution in [3.63, 3.8) is 0 Å². The molecule has 166 valence electrons. The molecule has 3 rings (SSSR count). The van der Waals surface area contributed by atoms with Crippen LogP contribution in [0.25, 0.3) is 0 Å². The highest BCUT2D eigenvalue weighted by atomic mass is 19.1. The van der Waals surface area contributed by atoms with E-state index >= 15 is 0 Å². The summed E-state index contributed by atoms with van der Waals surface area (Å²) in [6.45, 7) is 5.08. The fraction of sp³-hybridized carbons (Fsp3) is 0.435. The molecule has 1 fully saturated rings. The van der Waals surface area contributed by atoms with Gasteiger partial charge < -0.3 is 14.5 Å². The van der Waals surface area contributed by atoms with Crippen molar-refractivity contribution in [1.29, 1.82) is 0 Å². The largest absolute Gasteiger partial charge is 0.415 e. The molecule has 1 aliphatic heterocycles. The normalized spacial score (nSPS) is 15.6. The van der Waals surface area contributed by atoms with Gasteiger partial charge in [0, 0.05) is 37.1 Å². The van der Waals surface area contributed by atoms with Crippen LogP contribution >= 0.6 is 0 Å². The molecule has 0 N–H and O–H groups in total. The summed E-state index contributed by atoms with van der Waals surface area (Å²) in [5.41, 5.74) is 0.650. The van der Waals surface area contributed by atoms with Crippen molar-refractivity contribution in [2.75, 3.05) is 18.0 Å². The monoisotopic (exact) mass is 431 g/mol. The van der Waals surface area contributed by atoms with Crippen LogP contribution in [0, 0.1) is 23.5 Å².